The fourth-order valence-corrected chi connectivity index (χ4v) is 1.81. The van der Waals surface area contributed by atoms with E-state index in [1.54, 1.807) is 29.2 Å². The molecule has 90 valence electrons. The lowest BCUT2D eigenvalue weighted by Gasteiger charge is -2.37. The minimum absolute atomic E-state index is 0.0144. The summed E-state index contributed by atoms with van der Waals surface area (Å²) >= 11 is 5.75. The second kappa shape index (κ2) is 4.75. The van der Waals surface area contributed by atoms with Crippen molar-refractivity contribution >= 4 is 29.1 Å². The lowest BCUT2D eigenvalue weighted by atomic mass is 9.99. The molecule has 1 aliphatic rings. The van der Waals surface area contributed by atoms with Gasteiger partial charge in [0.05, 0.1) is 5.92 Å². The van der Waals surface area contributed by atoms with Crippen LogP contribution in [0.3, 0.4) is 0 Å². The fourth-order valence-electron chi connectivity index (χ4n) is 1.68. The van der Waals surface area contributed by atoms with E-state index < -0.39 is 0 Å². The molecule has 0 saturated carbocycles. The highest BCUT2D eigenvalue weighted by molar-refractivity contribution is 6.30. The first kappa shape index (κ1) is 11.9. The van der Waals surface area contributed by atoms with E-state index in [2.05, 4.69) is 5.32 Å². The van der Waals surface area contributed by atoms with Gasteiger partial charge >= 0.3 is 0 Å². The van der Waals surface area contributed by atoms with E-state index in [1.807, 2.05) is 0 Å². The summed E-state index contributed by atoms with van der Waals surface area (Å²) in [5, 5.41) is 3.43. The van der Waals surface area contributed by atoms with Gasteiger partial charge < -0.3 is 10.2 Å². The van der Waals surface area contributed by atoms with Gasteiger partial charge in [-0.3, -0.25) is 9.59 Å². The van der Waals surface area contributed by atoms with Crippen molar-refractivity contribution in [2.45, 2.75) is 6.92 Å². The predicted molar refractivity (Wildman–Crippen MR) is 65.8 cm³/mol. The van der Waals surface area contributed by atoms with Crippen molar-refractivity contribution in [3.63, 3.8) is 0 Å². The molecule has 0 atom stereocenters. The molecule has 0 aliphatic carbocycles. The maximum Gasteiger partial charge on any atom is 0.231 e. The van der Waals surface area contributed by atoms with Gasteiger partial charge in [0.2, 0.25) is 11.8 Å². The second-order valence-electron chi connectivity index (χ2n) is 4.12. The Kier molecular flexibility index (Phi) is 3.33. The minimum atomic E-state index is -0.102. The molecule has 1 aliphatic heterocycles. The van der Waals surface area contributed by atoms with Crippen LogP contribution in [0.2, 0.25) is 5.02 Å². The number of hydrogen-bond acceptors (Lipinski definition) is 2. The SMILES string of the molecule is CC(=O)N1CC(C(=O)Nc2ccc(Cl)cc2)C1. The van der Waals surface area contributed by atoms with Crippen molar-refractivity contribution in [3.8, 4) is 0 Å². The van der Waals surface area contributed by atoms with E-state index in [1.165, 1.54) is 6.92 Å². The molecule has 1 N–H and O–H groups in total. The fraction of sp³-hybridized carbons (Fsp3) is 0.333. The van der Waals surface area contributed by atoms with Gasteiger partial charge in [0.15, 0.2) is 0 Å². The van der Waals surface area contributed by atoms with E-state index in [0.717, 1.165) is 5.69 Å². The number of carbonyl (C=O) groups excluding carboxylic acids is 2. The van der Waals surface area contributed by atoms with Crippen LogP contribution in [0.1, 0.15) is 6.92 Å². The number of hydrogen-bond donors (Lipinski definition) is 1. The van der Waals surface area contributed by atoms with Crippen molar-refractivity contribution in [1.29, 1.82) is 0 Å². The van der Waals surface area contributed by atoms with Crippen LogP contribution in [0.5, 0.6) is 0 Å². The van der Waals surface area contributed by atoms with Crippen LogP contribution in [-0.4, -0.2) is 29.8 Å². The zero-order valence-corrected chi connectivity index (χ0v) is 10.2. The van der Waals surface area contributed by atoms with Crippen LogP contribution in [0.15, 0.2) is 24.3 Å². The van der Waals surface area contributed by atoms with Gasteiger partial charge in [-0.15, -0.1) is 0 Å². The predicted octanol–water partition coefficient (Wildman–Crippen LogP) is 1.76. The van der Waals surface area contributed by atoms with Gasteiger partial charge in [-0.1, -0.05) is 11.6 Å². The molecule has 0 bridgehead atoms. The standard InChI is InChI=1S/C12H13ClN2O2/c1-8(16)15-6-9(7-15)12(17)14-11-4-2-10(13)3-5-11/h2-5,9H,6-7H2,1H3,(H,14,17). The molecule has 1 fully saturated rings. The Morgan fingerprint density at radius 3 is 2.41 bits per heavy atom. The van der Waals surface area contributed by atoms with Crippen molar-refractivity contribution in [2.24, 2.45) is 5.92 Å². The number of benzene rings is 1. The molecule has 1 saturated heterocycles. The number of amides is 2. The summed E-state index contributed by atoms with van der Waals surface area (Å²) < 4.78 is 0. The van der Waals surface area contributed by atoms with Crippen LogP contribution in [0, 0.1) is 5.92 Å². The Labute approximate surface area is 105 Å². The quantitative estimate of drug-likeness (QED) is 0.872. The Hall–Kier alpha value is -1.55. The number of anilines is 1. The topological polar surface area (TPSA) is 49.4 Å². The summed E-state index contributed by atoms with van der Waals surface area (Å²) in [5.74, 6) is -0.139. The van der Waals surface area contributed by atoms with Gasteiger partial charge in [0, 0.05) is 30.7 Å². The minimum Gasteiger partial charge on any atom is -0.341 e. The zero-order chi connectivity index (χ0) is 12.4. The van der Waals surface area contributed by atoms with Crippen LogP contribution in [0.4, 0.5) is 5.69 Å². The van der Waals surface area contributed by atoms with Crippen molar-refractivity contribution < 1.29 is 9.59 Å². The molecular weight excluding hydrogens is 240 g/mol. The number of likely N-dealkylation sites (tertiary alicyclic amines) is 1. The van der Waals surface area contributed by atoms with E-state index in [-0.39, 0.29) is 17.7 Å². The third-order valence-electron chi connectivity index (χ3n) is 2.81. The highest BCUT2D eigenvalue weighted by Crippen LogP contribution is 2.19. The normalized spacial score (nSPS) is 15.3. The van der Waals surface area contributed by atoms with Gasteiger partial charge in [-0.05, 0) is 24.3 Å². The number of halogens is 1. The summed E-state index contributed by atoms with van der Waals surface area (Å²) in [6.45, 7) is 2.52. The average molecular weight is 253 g/mol. The molecule has 5 heteroatoms. The van der Waals surface area contributed by atoms with Crippen molar-refractivity contribution in [1.82, 2.24) is 4.90 Å². The smallest absolute Gasteiger partial charge is 0.231 e. The lowest BCUT2D eigenvalue weighted by molar-refractivity contribution is -0.139. The summed E-state index contributed by atoms with van der Waals surface area (Å²) in [4.78, 5) is 24.4. The molecule has 0 unspecified atom stereocenters. The Morgan fingerprint density at radius 2 is 1.88 bits per heavy atom. The third-order valence-corrected chi connectivity index (χ3v) is 3.06. The molecule has 1 aromatic rings. The number of nitrogens with one attached hydrogen (secondary N) is 1. The van der Waals surface area contributed by atoms with Gasteiger partial charge in [0.1, 0.15) is 0 Å². The molecule has 1 heterocycles. The maximum atomic E-state index is 11.8. The molecule has 4 nitrogen and oxygen atoms in total. The summed E-state index contributed by atoms with van der Waals surface area (Å²) in [5.41, 5.74) is 0.723. The molecule has 0 radical (unpaired) electrons. The van der Waals surface area contributed by atoms with Gasteiger partial charge in [-0.2, -0.15) is 0 Å². The summed E-state index contributed by atoms with van der Waals surface area (Å²) in [6.07, 6.45) is 0. The molecular formula is C12H13ClN2O2. The van der Waals surface area contributed by atoms with Crippen LogP contribution in [0.25, 0.3) is 0 Å². The Bertz CT molecular complexity index is 438. The lowest BCUT2D eigenvalue weighted by Crippen LogP contribution is -2.53. The molecule has 2 amide bonds. The zero-order valence-electron chi connectivity index (χ0n) is 9.44. The maximum absolute atomic E-state index is 11.8. The number of rotatable bonds is 2. The second-order valence-corrected chi connectivity index (χ2v) is 4.55. The molecule has 1 aromatic carbocycles. The van der Waals surface area contributed by atoms with Crippen LogP contribution >= 0.6 is 11.6 Å². The highest BCUT2D eigenvalue weighted by Gasteiger charge is 2.33. The number of carbonyl (C=O) groups is 2. The highest BCUT2D eigenvalue weighted by atomic mass is 35.5. The van der Waals surface area contributed by atoms with Crippen LogP contribution in [-0.2, 0) is 9.59 Å². The van der Waals surface area contributed by atoms with Crippen LogP contribution < -0.4 is 5.32 Å². The molecule has 2 rings (SSSR count). The van der Waals surface area contributed by atoms with Crippen molar-refractivity contribution in [3.05, 3.63) is 29.3 Å². The molecule has 17 heavy (non-hydrogen) atoms. The largest absolute Gasteiger partial charge is 0.341 e. The first-order valence-corrected chi connectivity index (χ1v) is 5.76. The van der Waals surface area contributed by atoms with E-state index >= 15 is 0 Å². The average Bonchev–Trinajstić information content (AvgIpc) is 2.18. The monoisotopic (exact) mass is 252 g/mol. The molecule has 0 spiro atoms. The summed E-state index contributed by atoms with van der Waals surface area (Å²) in [7, 11) is 0. The van der Waals surface area contributed by atoms with E-state index in [4.69, 9.17) is 11.6 Å². The summed E-state index contributed by atoms with van der Waals surface area (Å²) in [6, 6.07) is 6.95. The van der Waals surface area contributed by atoms with Crippen molar-refractivity contribution in [2.75, 3.05) is 18.4 Å². The third kappa shape index (κ3) is 2.77. The number of nitrogens with zero attached hydrogens (tertiary/aromatic N) is 1. The Morgan fingerprint density at radius 1 is 1.29 bits per heavy atom. The van der Waals surface area contributed by atoms with Gasteiger partial charge in [0.25, 0.3) is 0 Å². The van der Waals surface area contributed by atoms with E-state index in [0.29, 0.717) is 18.1 Å². The first-order valence-electron chi connectivity index (χ1n) is 5.38. The van der Waals surface area contributed by atoms with Gasteiger partial charge in [-0.25, -0.2) is 0 Å². The Balaban J connectivity index is 1.87. The van der Waals surface area contributed by atoms with E-state index in [9.17, 15) is 9.59 Å². The first-order chi connectivity index (χ1) is 8.06. The molecule has 0 aromatic heterocycles.